The van der Waals surface area contributed by atoms with Gasteiger partial charge in [0.05, 0.1) is 10.4 Å². The molecule has 29 heavy (non-hydrogen) atoms. The zero-order valence-electron chi connectivity index (χ0n) is 15.0. The molecule has 1 heterocycles. The van der Waals surface area contributed by atoms with E-state index in [1.807, 2.05) is 0 Å². The first kappa shape index (κ1) is 19.4. The van der Waals surface area contributed by atoms with E-state index < -0.39 is 26.0 Å². The average Bonchev–Trinajstić information content (AvgIpc) is 2.72. The molecule has 146 valence electrons. The van der Waals surface area contributed by atoms with Crippen LogP contribution in [0, 0.1) is 5.82 Å². The van der Waals surface area contributed by atoms with Gasteiger partial charge in [0.25, 0.3) is 0 Å². The summed E-state index contributed by atoms with van der Waals surface area (Å²) in [6.45, 7) is 0.289. The van der Waals surface area contributed by atoms with Gasteiger partial charge in [-0.3, -0.25) is 4.79 Å². The number of nitrogens with zero attached hydrogens (tertiary/aromatic N) is 1. The van der Waals surface area contributed by atoms with Crippen molar-refractivity contribution in [2.45, 2.75) is 16.3 Å². The molecule has 0 spiro atoms. The van der Waals surface area contributed by atoms with Crippen LogP contribution >= 0.6 is 11.6 Å². The molecule has 0 amide bonds. The number of benzene rings is 3. The van der Waals surface area contributed by atoms with Gasteiger partial charge in [-0.15, -0.1) is 0 Å². The van der Waals surface area contributed by atoms with Crippen molar-refractivity contribution >= 4 is 32.3 Å². The van der Waals surface area contributed by atoms with E-state index in [4.69, 9.17) is 11.6 Å². The Kier molecular flexibility index (Phi) is 4.98. The maximum atomic E-state index is 13.9. The first-order valence-corrected chi connectivity index (χ1v) is 10.6. The van der Waals surface area contributed by atoms with Crippen LogP contribution < -0.4 is 5.43 Å². The summed E-state index contributed by atoms with van der Waals surface area (Å²) in [5, 5.41) is 0.587. The van der Waals surface area contributed by atoms with Gasteiger partial charge >= 0.3 is 0 Å². The van der Waals surface area contributed by atoms with Crippen LogP contribution in [0.4, 0.5) is 4.39 Å². The van der Waals surface area contributed by atoms with Gasteiger partial charge in [0.15, 0.2) is 0 Å². The van der Waals surface area contributed by atoms with Crippen molar-refractivity contribution in [2.75, 3.05) is 0 Å². The van der Waals surface area contributed by atoms with Gasteiger partial charge in [0, 0.05) is 23.2 Å². The molecule has 4 rings (SSSR count). The van der Waals surface area contributed by atoms with E-state index in [0.29, 0.717) is 10.5 Å². The fourth-order valence-electron chi connectivity index (χ4n) is 3.18. The van der Waals surface area contributed by atoms with Gasteiger partial charge in [-0.2, -0.15) is 0 Å². The van der Waals surface area contributed by atoms with Crippen molar-refractivity contribution in [3.8, 4) is 0 Å². The highest BCUT2D eigenvalue weighted by molar-refractivity contribution is 7.91. The molecule has 0 fully saturated rings. The second kappa shape index (κ2) is 7.46. The SMILES string of the molecule is O=c1c(S(=O)(=O)c2ccccc2)cn(Cc2ccc(Cl)cc2)c2ccc(F)cc12. The van der Waals surface area contributed by atoms with Crippen LogP contribution in [0.5, 0.6) is 0 Å². The van der Waals surface area contributed by atoms with E-state index in [2.05, 4.69) is 0 Å². The van der Waals surface area contributed by atoms with Crippen molar-refractivity contribution in [3.05, 3.63) is 106 Å². The number of fused-ring (bicyclic) bond motifs is 1. The Bertz CT molecular complexity index is 1370. The summed E-state index contributed by atoms with van der Waals surface area (Å²) in [6, 6.07) is 18.6. The predicted molar refractivity (Wildman–Crippen MR) is 111 cm³/mol. The average molecular weight is 428 g/mol. The first-order valence-electron chi connectivity index (χ1n) is 8.73. The number of pyridine rings is 1. The molecule has 0 saturated carbocycles. The molecule has 4 nitrogen and oxygen atoms in total. The standard InChI is InChI=1S/C22H15ClFNO3S/c23-16-8-6-15(7-9-16)13-25-14-21(29(27,28)18-4-2-1-3-5-18)22(26)19-12-17(24)10-11-20(19)25/h1-12,14H,13H2. The molecule has 0 saturated heterocycles. The van der Waals surface area contributed by atoms with Gasteiger partial charge in [-0.05, 0) is 48.0 Å². The zero-order chi connectivity index (χ0) is 20.6. The van der Waals surface area contributed by atoms with Crippen LogP contribution in [0.3, 0.4) is 0 Å². The summed E-state index contributed by atoms with van der Waals surface area (Å²) in [7, 11) is -4.07. The summed E-state index contributed by atoms with van der Waals surface area (Å²) in [4.78, 5) is 12.6. The molecule has 0 aliphatic heterocycles. The number of aromatic nitrogens is 1. The lowest BCUT2D eigenvalue weighted by Gasteiger charge is -2.14. The van der Waals surface area contributed by atoms with E-state index in [-0.39, 0.29) is 16.8 Å². The summed E-state index contributed by atoms with van der Waals surface area (Å²) in [5.74, 6) is -0.609. The lowest BCUT2D eigenvalue weighted by molar-refractivity contribution is 0.593. The van der Waals surface area contributed by atoms with Crippen LogP contribution in [0.2, 0.25) is 5.02 Å². The quantitative estimate of drug-likeness (QED) is 0.475. The minimum absolute atomic E-state index is 0.00546. The Balaban J connectivity index is 1.97. The van der Waals surface area contributed by atoms with E-state index in [0.717, 1.165) is 11.6 Å². The molecule has 1 aromatic heterocycles. The maximum Gasteiger partial charge on any atom is 0.211 e. The molecule has 0 bridgehead atoms. The predicted octanol–water partition coefficient (Wildman–Crippen LogP) is 4.68. The highest BCUT2D eigenvalue weighted by Crippen LogP contribution is 2.22. The monoisotopic (exact) mass is 427 g/mol. The lowest BCUT2D eigenvalue weighted by atomic mass is 10.1. The number of hydrogen-bond acceptors (Lipinski definition) is 3. The molecule has 3 aromatic carbocycles. The summed E-state index contributed by atoms with van der Waals surface area (Å²) < 4.78 is 41.7. The molecule has 0 aliphatic rings. The normalized spacial score (nSPS) is 11.7. The molecule has 7 heteroatoms. The highest BCUT2D eigenvalue weighted by atomic mass is 35.5. The summed E-state index contributed by atoms with van der Waals surface area (Å²) >= 11 is 5.93. The molecular weight excluding hydrogens is 413 g/mol. The minimum Gasteiger partial charge on any atom is -0.341 e. The van der Waals surface area contributed by atoms with Crippen molar-refractivity contribution in [2.24, 2.45) is 0 Å². The largest absolute Gasteiger partial charge is 0.341 e. The fraction of sp³-hybridized carbons (Fsp3) is 0.0455. The van der Waals surface area contributed by atoms with E-state index in [1.165, 1.54) is 30.5 Å². The Labute approximate surface area is 171 Å². The van der Waals surface area contributed by atoms with E-state index in [9.17, 15) is 17.6 Å². The van der Waals surface area contributed by atoms with Gasteiger partial charge in [-0.1, -0.05) is 41.9 Å². The molecule has 0 radical (unpaired) electrons. The van der Waals surface area contributed by atoms with Gasteiger partial charge in [0.1, 0.15) is 10.7 Å². The molecule has 0 unspecified atom stereocenters. The number of hydrogen-bond donors (Lipinski definition) is 0. The third-order valence-electron chi connectivity index (χ3n) is 4.62. The molecular formula is C22H15ClFNO3S. The van der Waals surface area contributed by atoms with E-state index >= 15 is 0 Å². The fourth-order valence-corrected chi connectivity index (χ4v) is 4.69. The van der Waals surface area contributed by atoms with Crippen LogP contribution in [-0.2, 0) is 16.4 Å². The lowest BCUT2D eigenvalue weighted by Crippen LogP contribution is -2.19. The first-order chi connectivity index (χ1) is 13.9. The zero-order valence-corrected chi connectivity index (χ0v) is 16.6. The number of halogens is 2. The second-order valence-electron chi connectivity index (χ2n) is 6.55. The topological polar surface area (TPSA) is 56.1 Å². The van der Waals surface area contributed by atoms with Gasteiger partial charge in [0.2, 0.25) is 15.3 Å². The summed E-state index contributed by atoms with van der Waals surface area (Å²) in [6.07, 6.45) is 1.32. The molecule has 0 aliphatic carbocycles. The van der Waals surface area contributed by atoms with Gasteiger partial charge < -0.3 is 4.57 Å². The van der Waals surface area contributed by atoms with Crippen LogP contribution in [-0.4, -0.2) is 13.0 Å². The van der Waals surface area contributed by atoms with Crippen molar-refractivity contribution < 1.29 is 12.8 Å². The number of rotatable bonds is 4. The van der Waals surface area contributed by atoms with Crippen LogP contribution in [0.15, 0.2) is 93.6 Å². The highest BCUT2D eigenvalue weighted by Gasteiger charge is 2.24. The Morgan fingerprint density at radius 1 is 0.931 bits per heavy atom. The summed E-state index contributed by atoms with van der Waals surface area (Å²) in [5.41, 5.74) is 0.570. The molecule has 0 atom stereocenters. The van der Waals surface area contributed by atoms with Crippen molar-refractivity contribution in [1.82, 2.24) is 4.57 Å². The Morgan fingerprint density at radius 2 is 1.62 bits per heavy atom. The maximum absolute atomic E-state index is 13.9. The van der Waals surface area contributed by atoms with E-state index in [1.54, 1.807) is 47.0 Å². The van der Waals surface area contributed by atoms with Crippen LogP contribution in [0.25, 0.3) is 10.9 Å². The van der Waals surface area contributed by atoms with Crippen molar-refractivity contribution in [3.63, 3.8) is 0 Å². The molecule has 4 aromatic rings. The third-order valence-corrected chi connectivity index (χ3v) is 6.63. The second-order valence-corrected chi connectivity index (χ2v) is 8.91. The minimum atomic E-state index is -4.07. The Hall–Kier alpha value is -2.96. The molecule has 0 N–H and O–H groups in total. The smallest absolute Gasteiger partial charge is 0.211 e. The third kappa shape index (κ3) is 3.69. The van der Waals surface area contributed by atoms with Crippen molar-refractivity contribution in [1.29, 1.82) is 0 Å². The van der Waals surface area contributed by atoms with Crippen LogP contribution in [0.1, 0.15) is 5.56 Å². The Morgan fingerprint density at radius 3 is 2.31 bits per heavy atom. The van der Waals surface area contributed by atoms with Gasteiger partial charge in [-0.25, -0.2) is 12.8 Å². The number of sulfone groups is 1.